The molecule has 0 N–H and O–H groups in total. The van der Waals surface area contributed by atoms with Crippen molar-refractivity contribution >= 4 is 5.78 Å². The highest BCUT2D eigenvalue weighted by atomic mass is 16.1. The molecule has 1 fully saturated rings. The minimum atomic E-state index is 0.221. The minimum Gasteiger partial charge on any atom is -0.304 e. The summed E-state index contributed by atoms with van der Waals surface area (Å²) < 4.78 is 0. The molecule has 1 rings (SSSR count). The van der Waals surface area contributed by atoms with Crippen molar-refractivity contribution in [3.05, 3.63) is 0 Å². The summed E-state index contributed by atoms with van der Waals surface area (Å²) in [5.74, 6) is 1.04. The van der Waals surface area contributed by atoms with Crippen LogP contribution in [0.2, 0.25) is 0 Å². The zero-order chi connectivity index (χ0) is 9.84. The Morgan fingerprint density at radius 1 is 1.38 bits per heavy atom. The van der Waals surface area contributed by atoms with E-state index in [0.717, 1.165) is 32.5 Å². The first-order valence-corrected chi connectivity index (χ1v) is 5.41. The maximum absolute atomic E-state index is 11.7. The first-order chi connectivity index (χ1) is 6.15. The first-order valence-electron chi connectivity index (χ1n) is 5.41. The Balaban J connectivity index is 2.36. The fraction of sp³-hybridized carbons (Fsp3) is 0.909. The van der Waals surface area contributed by atoms with Crippen molar-refractivity contribution < 1.29 is 4.79 Å². The number of hydrogen-bond donors (Lipinski definition) is 0. The lowest BCUT2D eigenvalue weighted by Gasteiger charge is -2.30. The summed E-state index contributed by atoms with van der Waals surface area (Å²) in [6, 6.07) is 0. The molecule has 0 radical (unpaired) electrons. The third kappa shape index (κ3) is 2.80. The average molecular weight is 183 g/mol. The lowest BCUT2D eigenvalue weighted by molar-refractivity contribution is -0.127. The number of Topliss-reactive ketones (excluding diaryl/α,β-unsaturated/α-hetero) is 1. The molecule has 13 heavy (non-hydrogen) atoms. The van der Waals surface area contributed by atoms with Crippen LogP contribution in [0.5, 0.6) is 0 Å². The fourth-order valence-electron chi connectivity index (χ4n) is 2.01. The highest BCUT2D eigenvalue weighted by Crippen LogP contribution is 2.20. The number of carbonyl (C=O) groups excluding carboxylic acids is 1. The molecule has 0 aliphatic carbocycles. The molecule has 0 saturated carbocycles. The van der Waals surface area contributed by atoms with Crippen molar-refractivity contribution in [3.8, 4) is 0 Å². The first kappa shape index (κ1) is 10.7. The smallest absolute Gasteiger partial charge is 0.138 e. The van der Waals surface area contributed by atoms with E-state index in [4.69, 9.17) is 0 Å². The van der Waals surface area contributed by atoms with Crippen LogP contribution < -0.4 is 0 Å². The lowest BCUT2D eigenvalue weighted by atomic mass is 9.87. The summed E-state index contributed by atoms with van der Waals surface area (Å²) in [4.78, 5) is 14.1. The quantitative estimate of drug-likeness (QED) is 0.666. The molecule has 1 aliphatic heterocycles. The van der Waals surface area contributed by atoms with E-state index in [0.29, 0.717) is 11.7 Å². The van der Waals surface area contributed by atoms with E-state index in [1.807, 2.05) is 13.8 Å². The van der Waals surface area contributed by atoms with Crippen LogP contribution in [0.4, 0.5) is 0 Å². The van der Waals surface area contributed by atoms with Gasteiger partial charge in [0, 0.05) is 11.8 Å². The van der Waals surface area contributed by atoms with Crippen LogP contribution in [-0.4, -0.2) is 30.3 Å². The molecule has 0 amide bonds. The number of carbonyl (C=O) groups is 1. The Labute approximate surface area is 81.3 Å². The minimum absolute atomic E-state index is 0.221. The van der Waals surface area contributed by atoms with Crippen molar-refractivity contribution in [2.45, 2.75) is 33.6 Å². The van der Waals surface area contributed by atoms with Gasteiger partial charge in [-0.3, -0.25) is 4.79 Å². The molecule has 0 spiro atoms. The largest absolute Gasteiger partial charge is 0.304 e. The molecule has 0 aromatic rings. The normalized spacial score (nSPS) is 20.9. The second kappa shape index (κ2) is 4.75. The second-order valence-electron chi connectivity index (χ2n) is 4.27. The summed E-state index contributed by atoms with van der Waals surface area (Å²) in [6.45, 7) is 9.55. The number of likely N-dealkylation sites (tertiary alicyclic amines) is 1. The highest BCUT2D eigenvalue weighted by Gasteiger charge is 2.25. The number of hydrogen-bond acceptors (Lipinski definition) is 2. The number of rotatable bonds is 3. The molecule has 0 aromatic heterocycles. The molecule has 1 aliphatic rings. The topological polar surface area (TPSA) is 20.3 Å². The number of piperidine rings is 1. The number of ketones is 1. The van der Waals surface area contributed by atoms with Gasteiger partial charge in [0.25, 0.3) is 0 Å². The van der Waals surface area contributed by atoms with Gasteiger partial charge < -0.3 is 4.90 Å². The van der Waals surface area contributed by atoms with Gasteiger partial charge in [0.15, 0.2) is 0 Å². The van der Waals surface area contributed by atoms with E-state index < -0.39 is 0 Å². The molecule has 0 aromatic carbocycles. The molecular weight excluding hydrogens is 162 g/mol. The van der Waals surface area contributed by atoms with Gasteiger partial charge in [0.05, 0.1) is 0 Å². The van der Waals surface area contributed by atoms with Crippen LogP contribution in [0.15, 0.2) is 0 Å². The molecule has 2 nitrogen and oxygen atoms in total. The zero-order valence-electron chi connectivity index (χ0n) is 9.05. The summed E-state index contributed by atoms with van der Waals surface area (Å²) in [6.07, 6.45) is 2.15. The van der Waals surface area contributed by atoms with Gasteiger partial charge >= 0.3 is 0 Å². The van der Waals surface area contributed by atoms with Gasteiger partial charge in [-0.15, -0.1) is 0 Å². The zero-order valence-corrected chi connectivity index (χ0v) is 9.05. The third-order valence-corrected chi connectivity index (χ3v) is 3.01. The summed E-state index contributed by atoms with van der Waals surface area (Å²) in [5.41, 5.74) is 0. The van der Waals surface area contributed by atoms with Crippen LogP contribution in [0.1, 0.15) is 33.6 Å². The van der Waals surface area contributed by atoms with E-state index in [9.17, 15) is 4.79 Å². The lowest BCUT2D eigenvalue weighted by Crippen LogP contribution is -2.37. The Hall–Kier alpha value is -0.370. The standard InChI is InChI=1S/C11H21NO/c1-4-12-7-5-10(6-8-12)11(13)9(2)3/h9-10H,4-8H2,1-3H3. The fourth-order valence-corrected chi connectivity index (χ4v) is 2.01. The predicted molar refractivity (Wildman–Crippen MR) is 54.7 cm³/mol. The van der Waals surface area contributed by atoms with Crippen molar-refractivity contribution in [2.75, 3.05) is 19.6 Å². The average Bonchev–Trinajstić information content (AvgIpc) is 2.17. The van der Waals surface area contributed by atoms with E-state index in [2.05, 4.69) is 11.8 Å². The highest BCUT2D eigenvalue weighted by molar-refractivity contribution is 5.82. The van der Waals surface area contributed by atoms with Crippen molar-refractivity contribution in [2.24, 2.45) is 11.8 Å². The van der Waals surface area contributed by atoms with Gasteiger partial charge in [-0.25, -0.2) is 0 Å². The van der Waals surface area contributed by atoms with Crippen LogP contribution >= 0.6 is 0 Å². The summed E-state index contributed by atoms with van der Waals surface area (Å²) in [5, 5.41) is 0. The third-order valence-electron chi connectivity index (χ3n) is 3.01. The molecule has 0 unspecified atom stereocenters. The van der Waals surface area contributed by atoms with E-state index >= 15 is 0 Å². The summed E-state index contributed by atoms with van der Waals surface area (Å²) >= 11 is 0. The molecule has 76 valence electrons. The Bertz CT molecular complexity index is 169. The van der Waals surface area contributed by atoms with Gasteiger partial charge in [-0.05, 0) is 32.5 Å². The van der Waals surface area contributed by atoms with Crippen LogP contribution in [0, 0.1) is 11.8 Å². The molecule has 0 atom stereocenters. The SMILES string of the molecule is CCN1CCC(C(=O)C(C)C)CC1. The van der Waals surface area contributed by atoms with E-state index in [1.54, 1.807) is 0 Å². The van der Waals surface area contributed by atoms with Crippen molar-refractivity contribution in [1.82, 2.24) is 4.90 Å². The molecule has 1 heterocycles. The van der Waals surface area contributed by atoms with E-state index in [-0.39, 0.29) is 5.92 Å². The Kier molecular flexibility index (Phi) is 3.91. The molecular formula is C11H21NO. The number of nitrogens with zero attached hydrogens (tertiary/aromatic N) is 1. The van der Waals surface area contributed by atoms with Crippen LogP contribution in [0.25, 0.3) is 0 Å². The van der Waals surface area contributed by atoms with Gasteiger partial charge in [-0.2, -0.15) is 0 Å². The molecule has 1 saturated heterocycles. The van der Waals surface area contributed by atoms with Gasteiger partial charge in [-0.1, -0.05) is 20.8 Å². The molecule has 0 bridgehead atoms. The van der Waals surface area contributed by atoms with Gasteiger partial charge in [0.1, 0.15) is 5.78 Å². The van der Waals surface area contributed by atoms with Crippen LogP contribution in [0.3, 0.4) is 0 Å². The maximum atomic E-state index is 11.7. The van der Waals surface area contributed by atoms with E-state index in [1.165, 1.54) is 0 Å². The van der Waals surface area contributed by atoms with Crippen LogP contribution in [-0.2, 0) is 4.79 Å². The second-order valence-corrected chi connectivity index (χ2v) is 4.27. The predicted octanol–water partition coefficient (Wildman–Crippen LogP) is 1.94. The summed E-state index contributed by atoms with van der Waals surface area (Å²) in [7, 11) is 0. The Morgan fingerprint density at radius 3 is 2.31 bits per heavy atom. The maximum Gasteiger partial charge on any atom is 0.138 e. The van der Waals surface area contributed by atoms with Crippen molar-refractivity contribution in [1.29, 1.82) is 0 Å². The Morgan fingerprint density at radius 2 is 1.92 bits per heavy atom. The molecule has 2 heteroatoms. The monoisotopic (exact) mass is 183 g/mol. The van der Waals surface area contributed by atoms with Gasteiger partial charge in [0.2, 0.25) is 0 Å². The van der Waals surface area contributed by atoms with Crippen molar-refractivity contribution in [3.63, 3.8) is 0 Å².